The Kier molecular flexibility index (Phi) is 4.75. The Morgan fingerprint density at radius 2 is 2.19 bits per heavy atom. The van der Waals surface area contributed by atoms with Gasteiger partial charge in [-0.05, 0) is 0 Å². The molecule has 0 aliphatic carbocycles. The van der Waals surface area contributed by atoms with Crippen molar-refractivity contribution in [1.29, 1.82) is 0 Å². The monoisotopic (exact) mass is 365 g/mol. The maximum Gasteiger partial charge on any atom is 0.303 e. The summed E-state index contributed by atoms with van der Waals surface area (Å²) in [5.41, 5.74) is -0.605. The number of fused-ring (bicyclic) bond motifs is 1. The van der Waals surface area contributed by atoms with Crippen LogP contribution in [-0.4, -0.2) is 50.3 Å². The molecule has 0 spiro atoms. The third kappa shape index (κ3) is 3.44. The van der Waals surface area contributed by atoms with Crippen LogP contribution < -0.4 is 5.56 Å². The highest BCUT2D eigenvalue weighted by Crippen LogP contribution is 2.33. The number of nitroso groups, excluding NO2 is 1. The van der Waals surface area contributed by atoms with Crippen molar-refractivity contribution in [3.63, 3.8) is 0 Å². The molecule has 2 aromatic heterocycles. The summed E-state index contributed by atoms with van der Waals surface area (Å²) in [5, 5.41) is 2.62. The molecular weight excluding hydrogens is 350 g/mol. The predicted molar refractivity (Wildman–Crippen MR) is 84.3 cm³/mol. The lowest BCUT2D eigenvalue weighted by Gasteiger charge is -2.19. The second-order valence-electron chi connectivity index (χ2n) is 5.64. The van der Waals surface area contributed by atoms with E-state index in [9.17, 15) is 19.3 Å². The molecule has 26 heavy (non-hydrogen) atoms. The molecule has 12 heteroatoms. The Morgan fingerprint density at radius 1 is 1.42 bits per heavy atom. The normalized spacial score (nSPS) is 22.3. The van der Waals surface area contributed by atoms with Crippen LogP contribution in [0.25, 0.3) is 11.2 Å². The number of nitrogens with one attached hydrogen (secondary N) is 1. The number of esters is 2. The highest BCUT2D eigenvalue weighted by atomic mass is 16.6. The summed E-state index contributed by atoms with van der Waals surface area (Å²) in [5.74, 6) is -1.41. The topological polar surface area (TPSA) is 155 Å². The van der Waals surface area contributed by atoms with E-state index >= 15 is 0 Å². The Bertz CT molecular complexity index is 920. The minimum absolute atomic E-state index is 0.0222. The van der Waals surface area contributed by atoms with Gasteiger partial charge < -0.3 is 14.2 Å². The molecule has 0 aromatic carbocycles. The zero-order chi connectivity index (χ0) is 18.8. The average Bonchev–Trinajstić information content (AvgIpc) is 3.16. The third-order valence-corrected chi connectivity index (χ3v) is 3.72. The third-order valence-electron chi connectivity index (χ3n) is 3.72. The van der Waals surface area contributed by atoms with Gasteiger partial charge in [-0.1, -0.05) is 0 Å². The second kappa shape index (κ2) is 7.00. The molecule has 0 radical (unpaired) electrons. The minimum Gasteiger partial charge on any atom is -0.463 e. The van der Waals surface area contributed by atoms with Crippen LogP contribution in [0.1, 0.15) is 26.5 Å². The fourth-order valence-corrected chi connectivity index (χ4v) is 2.74. The van der Waals surface area contributed by atoms with Crippen molar-refractivity contribution in [2.24, 2.45) is 5.18 Å². The van der Waals surface area contributed by atoms with Crippen LogP contribution in [0.4, 0.5) is 5.95 Å². The minimum atomic E-state index is -0.863. The first-order valence-corrected chi connectivity index (χ1v) is 7.65. The van der Waals surface area contributed by atoms with Gasteiger partial charge in [-0.25, -0.2) is 4.98 Å². The molecule has 3 rings (SSSR count). The molecule has 1 aliphatic heterocycles. The Balaban J connectivity index is 1.96. The summed E-state index contributed by atoms with van der Waals surface area (Å²) >= 11 is 0. The summed E-state index contributed by atoms with van der Waals surface area (Å²) in [7, 11) is 0. The van der Waals surface area contributed by atoms with E-state index in [1.165, 1.54) is 24.7 Å². The molecule has 3 heterocycles. The summed E-state index contributed by atoms with van der Waals surface area (Å²) in [4.78, 5) is 55.1. The van der Waals surface area contributed by atoms with Crippen molar-refractivity contribution in [2.75, 3.05) is 6.61 Å². The van der Waals surface area contributed by atoms with Gasteiger partial charge in [-0.15, -0.1) is 4.91 Å². The standard InChI is InChI=1S/C14H15N5O7/c1-6(20)24-4-8-3-9(25-7(2)21)13(26-8)19-5-15-10-11(19)16-14(18-23)17-12(10)22/h5,8-9,13H,3-4H2,1-2H3,(H,16,17,22)/t8?,9-,13?/m1/s1. The van der Waals surface area contributed by atoms with Crippen molar-refractivity contribution in [3.05, 3.63) is 21.6 Å². The second-order valence-corrected chi connectivity index (χ2v) is 5.64. The molecule has 3 atom stereocenters. The summed E-state index contributed by atoms with van der Waals surface area (Å²) in [6.45, 7) is 2.49. The van der Waals surface area contributed by atoms with Gasteiger partial charge in [0.2, 0.25) is 0 Å². The van der Waals surface area contributed by atoms with Gasteiger partial charge in [0.05, 0.1) is 12.4 Å². The van der Waals surface area contributed by atoms with Crippen molar-refractivity contribution in [3.8, 4) is 0 Å². The Hall–Kier alpha value is -3.15. The molecule has 0 amide bonds. The molecule has 1 fully saturated rings. The SMILES string of the molecule is CC(=O)OCC1C[C@@H](OC(C)=O)C(n2cnc3c(=O)[nH]c(N=O)nc32)O1. The van der Waals surface area contributed by atoms with E-state index in [0.717, 1.165) is 0 Å². The number of carbonyl (C=O) groups is 2. The van der Waals surface area contributed by atoms with Crippen LogP contribution in [0.15, 0.2) is 16.3 Å². The van der Waals surface area contributed by atoms with Crippen LogP contribution in [0.3, 0.4) is 0 Å². The molecule has 2 unspecified atom stereocenters. The molecule has 0 saturated carbocycles. The van der Waals surface area contributed by atoms with Crippen molar-refractivity contribution in [1.82, 2.24) is 19.5 Å². The molecule has 138 valence electrons. The van der Waals surface area contributed by atoms with E-state index in [0.29, 0.717) is 0 Å². The van der Waals surface area contributed by atoms with Gasteiger partial charge in [0.1, 0.15) is 12.7 Å². The van der Waals surface area contributed by atoms with Crippen molar-refractivity contribution < 1.29 is 23.8 Å². The lowest BCUT2D eigenvalue weighted by molar-refractivity contribution is -0.152. The highest BCUT2D eigenvalue weighted by Gasteiger charge is 2.40. The van der Waals surface area contributed by atoms with Gasteiger partial charge in [0.25, 0.3) is 11.5 Å². The molecule has 1 N–H and O–H groups in total. The van der Waals surface area contributed by atoms with E-state index in [-0.39, 0.29) is 24.2 Å². The summed E-state index contributed by atoms with van der Waals surface area (Å²) in [6, 6.07) is 0. The first kappa shape index (κ1) is 17.7. The lowest BCUT2D eigenvalue weighted by atomic mass is 10.2. The maximum absolute atomic E-state index is 11.9. The Morgan fingerprint density at radius 3 is 2.85 bits per heavy atom. The summed E-state index contributed by atoms with van der Waals surface area (Å²) in [6.07, 6.45) is -0.565. The number of hydrogen-bond donors (Lipinski definition) is 1. The number of imidazole rings is 1. The Labute approximate surface area is 145 Å². The molecule has 1 saturated heterocycles. The number of rotatable bonds is 5. The smallest absolute Gasteiger partial charge is 0.303 e. The average molecular weight is 365 g/mol. The van der Waals surface area contributed by atoms with E-state index < -0.39 is 41.9 Å². The lowest BCUT2D eigenvalue weighted by Crippen LogP contribution is -2.24. The quantitative estimate of drug-likeness (QED) is 0.581. The zero-order valence-electron chi connectivity index (χ0n) is 13.9. The van der Waals surface area contributed by atoms with Crippen LogP contribution >= 0.6 is 0 Å². The van der Waals surface area contributed by atoms with Crippen LogP contribution in [0.5, 0.6) is 0 Å². The first-order chi connectivity index (χ1) is 12.4. The summed E-state index contributed by atoms with van der Waals surface area (Å²) < 4.78 is 17.4. The molecule has 2 aromatic rings. The fraction of sp³-hybridized carbons (Fsp3) is 0.500. The highest BCUT2D eigenvalue weighted by molar-refractivity contribution is 5.70. The maximum atomic E-state index is 11.9. The van der Waals surface area contributed by atoms with Gasteiger partial charge >= 0.3 is 11.9 Å². The number of H-pyrrole nitrogens is 1. The van der Waals surface area contributed by atoms with Crippen LogP contribution in [0, 0.1) is 4.91 Å². The van der Waals surface area contributed by atoms with Gasteiger partial charge in [0.15, 0.2) is 17.4 Å². The molecule has 0 bridgehead atoms. The van der Waals surface area contributed by atoms with Gasteiger partial charge in [-0.3, -0.25) is 23.9 Å². The van der Waals surface area contributed by atoms with E-state index in [1.54, 1.807) is 0 Å². The van der Waals surface area contributed by atoms with Gasteiger partial charge in [-0.2, -0.15) is 4.98 Å². The van der Waals surface area contributed by atoms with E-state index in [2.05, 4.69) is 20.1 Å². The van der Waals surface area contributed by atoms with E-state index in [4.69, 9.17) is 14.2 Å². The first-order valence-electron chi connectivity index (χ1n) is 7.65. The van der Waals surface area contributed by atoms with Crippen LogP contribution in [0.2, 0.25) is 0 Å². The van der Waals surface area contributed by atoms with E-state index in [1.807, 2.05) is 0 Å². The van der Waals surface area contributed by atoms with Crippen molar-refractivity contribution in [2.45, 2.75) is 38.7 Å². The predicted octanol–water partition coefficient (Wildman–Crippen LogP) is 0.300. The number of nitrogens with zero attached hydrogens (tertiary/aromatic N) is 4. The van der Waals surface area contributed by atoms with Crippen molar-refractivity contribution >= 4 is 29.1 Å². The number of hydrogen-bond acceptors (Lipinski definition) is 10. The number of ether oxygens (including phenoxy) is 3. The fourth-order valence-electron chi connectivity index (χ4n) is 2.74. The molecule has 1 aliphatic rings. The number of aromatic nitrogens is 4. The zero-order valence-corrected chi connectivity index (χ0v) is 13.9. The number of carbonyl (C=O) groups excluding carboxylic acids is 2. The van der Waals surface area contributed by atoms with Gasteiger partial charge in [0, 0.05) is 25.4 Å². The number of aromatic amines is 1. The molecular formula is C14H15N5O7. The largest absolute Gasteiger partial charge is 0.463 e. The van der Waals surface area contributed by atoms with Crippen LogP contribution in [-0.2, 0) is 23.8 Å². The molecule has 12 nitrogen and oxygen atoms in total.